The largest absolute Gasteiger partial charge is 0.341 e. The number of hydrogen-bond acceptors (Lipinski definition) is 4. The van der Waals surface area contributed by atoms with E-state index in [1.807, 2.05) is 51.6 Å². The molecule has 0 N–H and O–H groups in total. The third kappa shape index (κ3) is 3.55. The SMILES string of the molecule is Cc1cc2nc(C)c(CCC(=O)N(C)Cc3cnn(C)c3)c(C)n2n1. The van der Waals surface area contributed by atoms with Crippen molar-refractivity contribution in [1.29, 1.82) is 0 Å². The lowest BCUT2D eigenvalue weighted by Gasteiger charge is -2.17. The number of amides is 1. The molecule has 0 saturated heterocycles. The van der Waals surface area contributed by atoms with Crippen LogP contribution in [-0.2, 0) is 24.8 Å². The van der Waals surface area contributed by atoms with Gasteiger partial charge < -0.3 is 4.90 Å². The molecule has 0 aliphatic carbocycles. The Bertz CT molecular complexity index is 923. The monoisotopic (exact) mass is 340 g/mol. The Morgan fingerprint density at radius 3 is 2.72 bits per heavy atom. The van der Waals surface area contributed by atoms with Crippen LogP contribution < -0.4 is 0 Å². The second-order valence-electron chi connectivity index (χ2n) is 6.59. The first-order valence-corrected chi connectivity index (χ1v) is 8.39. The van der Waals surface area contributed by atoms with E-state index in [4.69, 9.17) is 0 Å². The standard InChI is InChI=1S/C18H24N6O/c1-12-8-17-20-13(2)16(14(3)24(17)21-12)6-7-18(25)22(4)10-15-9-19-23(5)11-15/h8-9,11H,6-7,10H2,1-5H3. The maximum Gasteiger partial charge on any atom is 0.222 e. The number of aryl methyl sites for hydroxylation is 4. The van der Waals surface area contributed by atoms with Gasteiger partial charge in [-0.15, -0.1) is 0 Å². The molecule has 0 bridgehead atoms. The van der Waals surface area contributed by atoms with Crippen molar-refractivity contribution in [2.24, 2.45) is 7.05 Å². The van der Waals surface area contributed by atoms with E-state index in [1.54, 1.807) is 15.8 Å². The summed E-state index contributed by atoms with van der Waals surface area (Å²) < 4.78 is 3.61. The Kier molecular flexibility index (Phi) is 4.57. The molecule has 7 nitrogen and oxygen atoms in total. The van der Waals surface area contributed by atoms with Crippen molar-refractivity contribution in [2.45, 2.75) is 40.2 Å². The van der Waals surface area contributed by atoms with Crippen molar-refractivity contribution in [3.05, 3.63) is 46.7 Å². The Balaban J connectivity index is 1.70. The minimum Gasteiger partial charge on any atom is -0.341 e. The molecule has 0 unspecified atom stereocenters. The first-order valence-electron chi connectivity index (χ1n) is 8.39. The van der Waals surface area contributed by atoms with E-state index in [2.05, 4.69) is 15.2 Å². The molecule has 0 fully saturated rings. The fraction of sp³-hybridized carbons (Fsp3) is 0.444. The predicted octanol–water partition coefficient (Wildman–Crippen LogP) is 1.98. The molecule has 0 spiro atoms. The fourth-order valence-electron chi connectivity index (χ4n) is 3.14. The highest BCUT2D eigenvalue weighted by Gasteiger charge is 2.15. The highest BCUT2D eigenvalue weighted by Crippen LogP contribution is 2.17. The highest BCUT2D eigenvalue weighted by molar-refractivity contribution is 5.76. The Labute approximate surface area is 147 Å². The van der Waals surface area contributed by atoms with E-state index < -0.39 is 0 Å². The molecule has 0 aliphatic rings. The lowest BCUT2D eigenvalue weighted by molar-refractivity contribution is -0.130. The third-order valence-electron chi connectivity index (χ3n) is 4.48. The van der Waals surface area contributed by atoms with E-state index >= 15 is 0 Å². The number of carbonyl (C=O) groups is 1. The molecule has 3 heterocycles. The summed E-state index contributed by atoms with van der Waals surface area (Å²) in [7, 11) is 3.70. The molecule has 3 aromatic heterocycles. The van der Waals surface area contributed by atoms with Crippen LogP contribution >= 0.6 is 0 Å². The van der Waals surface area contributed by atoms with Gasteiger partial charge in [-0.1, -0.05) is 0 Å². The summed E-state index contributed by atoms with van der Waals surface area (Å²) in [5.41, 5.74) is 5.95. The van der Waals surface area contributed by atoms with Gasteiger partial charge in [-0.05, 0) is 32.8 Å². The summed E-state index contributed by atoms with van der Waals surface area (Å²) >= 11 is 0. The van der Waals surface area contributed by atoms with Gasteiger partial charge in [-0.3, -0.25) is 9.48 Å². The van der Waals surface area contributed by atoms with Crippen molar-refractivity contribution in [1.82, 2.24) is 29.3 Å². The van der Waals surface area contributed by atoms with E-state index in [0.717, 1.165) is 33.9 Å². The van der Waals surface area contributed by atoms with Crippen molar-refractivity contribution >= 4 is 11.6 Å². The number of aromatic nitrogens is 5. The van der Waals surface area contributed by atoms with Crippen molar-refractivity contribution < 1.29 is 4.79 Å². The molecule has 25 heavy (non-hydrogen) atoms. The summed E-state index contributed by atoms with van der Waals surface area (Å²) in [5, 5.41) is 8.62. The Morgan fingerprint density at radius 2 is 2.04 bits per heavy atom. The van der Waals surface area contributed by atoms with Gasteiger partial charge in [0.05, 0.1) is 11.9 Å². The molecule has 0 aliphatic heterocycles. The van der Waals surface area contributed by atoms with Gasteiger partial charge in [0.1, 0.15) is 0 Å². The molecule has 0 radical (unpaired) electrons. The van der Waals surface area contributed by atoms with Crippen LogP contribution in [0.3, 0.4) is 0 Å². The zero-order valence-electron chi connectivity index (χ0n) is 15.4. The zero-order valence-corrected chi connectivity index (χ0v) is 15.4. The topological polar surface area (TPSA) is 68.3 Å². The molecule has 0 saturated carbocycles. The van der Waals surface area contributed by atoms with Crippen molar-refractivity contribution in [3.8, 4) is 0 Å². The van der Waals surface area contributed by atoms with E-state index in [-0.39, 0.29) is 5.91 Å². The minimum absolute atomic E-state index is 0.111. The summed E-state index contributed by atoms with van der Waals surface area (Å²) in [6.45, 7) is 6.56. The Hall–Kier alpha value is -2.70. The normalized spacial score (nSPS) is 11.2. The zero-order chi connectivity index (χ0) is 18.1. The third-order valence-corrected chi connectivity index (χ3v) is 4.48. The highest BCUT2D eigenvalue weighted by atomic mass is 16.2. The molecule has 3 aromatic rings. The number of nitrogens with zero attached hydrogens (tertiary/aromatic N) is 6. The number of rotatable bonds is 5. The second kappa shape index (κ2) is 6.66. The second-order valence-corrected chi connectivity index (χ2v) is 6.59. The molecule has 1 amide bonds. The van der Waals surface area contributed by atoms with Crippen LogP contribution in [-0.4, -0.2) is 42.2 Å². The van der Waals surface area contributed by atoms with Crippen LogP contribution in [0.4, 0.5) is 0 Å². The first kappa shape index (κ1) is 17.1. The summed E-state index contributed by atoms with van der Waals surface area (Å²) in [6.07, 6.45) is 4.83. The van der Waals surface area contributed by atoms with Gasteiger partial charge in [-0.2, -0.15) is 10.2 Å². The average Bonchev–Trinajstić information content (AvgIpc) is 3.12. The lowest BCUT2D eigenvalue weighted by atomic mass is 10.1. The van der Waals surface area contributed by atoms with E-state index in [0.29, 0.717) is 19.4 Å². The smallest absolute Gasteiger partial charge is 0.222 e. The van der Waals surface area contributed by atoms with Gasteiger partial charge in [-0.25, -0.2) is 9.50 Å². The lowest BCUT2D eigenvalue weighted by Crippen LogP contribution is -2.26. The molecule has 132 valence electrons. The molecule has 7 heteroatoms. The quantitative estimate of drug-likeness (QED) is 0.712. The minimum atomic E-state index is 0.111. The summed E-state index contributed by atoms with van der Waals surface area (Å²) in [5.74, 6) is 0.111. The van der Waals surface area contributed by atoms with Gasteiger partial charge in [0.15, 0.2) is 5.65 Å². The first-order chi connectivity index (χ1) is 11.8. The molecular weight excluding hydrogens is 316 g/mol. The van der Waals surface area contributed by atoms with Crippen LogP contribution in [0, 0.1) is 20.8 Å². The predicted molar refractivity (Wildman–Crippen MR) is 95.2 cm³/mol. The van der Waals surface area contributed by atoms with Crippen LogP contribution in [0.25, 0.3) is 5.65 Å². The molecular formula is C18H24N6O. The van der Waals surface area contributed by atoms with Crippen LogP contribution in [0.15, 0.2) is 18.5 Å². The van der Waals surface area contributed by atoms with E-state index in [9.17, 15) is 4.79 Å². The average molecular weight is 340 g/mol. The van der Waals surface area contributed by atoms with Gasteiger partial charge >= 0.3 is 0 Å². The molecule has 0 atom stereocenters. The van der Waals surface area contributed by atoms with Crippen LogP contribution in [0.1, 0.15) is 34.6 Å². The van der Waals surface area contributed by atoms with Gasteiger partial charge in [0.25, 0.3) is 0 Å². The number of carbonyl (C=O) groups excluding carboxylic acids is 1. The summed E-state index contributed by atoms with van der Waals surface area (Å²) in [4.78, 5) is 18.8. The van der Waals surface area contributed by atoms with Crippen molar-refractivity contribution in [3.63, 3.8) is 0 Å². The van der Waals surface area contributed by atoms with Crippen LogP contribution in [0.2, 0.25) is 0 Å². The molecule has 0 aromatic carbocycles. The maximum atomic E-state index is 12.5. The van der Waals surface area contributed by atoms with Gasteiger partial charge in [0.2, 0.25) is 5.91 Å². The van der Waals surface area contributed by atoms with Crippen LogP contribution in [0.5, 0.6) is 0 Å². The molecule has 3 rings (SSSR count). The Morgan fingerprint density at radius 1 is 1.28 bits per heavy atom. The number of fused-ring (bicyclic) bond motifs is 1. The van der Waals surface area contributed by atoms with E-state index in [1.165, 1.54) is 0 Å². The van der Waals surface area contributed by atoms with Crippen molar-refractivity contribution in [2.75, 3.05) is 7.05 Å². The fourth-order valence-corrected chi connectivity index (χ4v) is 3.14. The number of hydrogen-bond donors (Lipinski definition) is 0. The van der Waals surface area contributed by atoms with Gasteiger partial charge in [0, 0.05) is 56.3 Å². The maximum absolute atomic E-state index is 12.5. The summed E-state index contributed by atoms with van der Waals surface area (Å²) in [6, 6.07) is 1.97.